The van der Waals surface area contributed by atoms with E-state index in [0.29, 0.717) is 11.3 Å². The van der Waals surface area contributed by atoms with E-state index in [0.717, 1.165) is 0 Å². The van der Waals surface area contributed by atoms with E-state index in [1.807, 2.05) is 0 Å². The fraction of sp³-hybridized carbons (Fsp3) is 0.500. The first-order valence-electron chi connectivity index (χ1n) is 6.57. The zero-order chi connectivity index (χ0) is 15.6. The van der Waals surface area contributed by atoms with Crippen molar-refractivity contribution in [3.05, 3.63) is 29.8 Å². The van der Waals surface area contributed by atoms with Gasteiger partial charge in [0.2, 0.25) is 0 Å². The second kappa shape index (κ2) is 6.03. The van der Waals surface area contributed by atoms with Gasteiger partial charge in [0.05, 0.1) is 30.6 Å². The number of rotatable bonds is 5. The lowest BCUT2D eigenvalue weighted by Gasteiger charge is -2.22. The fourth-order valence-corrected chi connectivity index (χ4v) is 4.72. The van der Waals surface area contributed by atoms with Gasteiger partial charge >= 0.3 is 5.97 Å². The zero-order valence-corrected chi connectivity index (χ0v) is 12.4. The summed E-state index contributed by atoms with van der Waals surface area (Å²) in [6, 6.07) is 6.99. The Balaban J connectivity index is 2.27. The number of para-hydroxylation sites is 1. The van der Waals surface area contributed by atoms with Crippen LogP contribution in [0.4, 0.5) is 0 Å². The lowest BCUT2D eigenvalue weighted by Crippen LogP contribution is -2.33. The smallest absolute Gasteiger partial charge is 0.307 e. The Hall–Kier alpha value is -1.60. The maximum absolute atomic E-state index is 11.6. The molecule has 3 atom stereocenters. The maximum atomic E-state index is 11.6. The van der Waals surface area contributed by atoms with Crippen LogP contribution in [0, 0.1) is 11.8 Å². The highest BCUT2D eigenvalue weighted by Crippen LogP contribution is 2.31. The molecule has 0 radical (unpaired) electrons. The van der Waals surface area contributed by atoms with E-state index in [2.05, 4.69) is 0 Å². The minimum atomic E-state index is -3.38. The molecule has 7 heteroatoms. The number of methoxy groups -OCH3 is 1. The predicted molar refractivity (Wildman–Crippen MR) is 76.0 cm³/mol. The SMILES string of the molecule is COc1ccccc1CC(C(=O)O)C1CS(=O)(=O)CC1O. The summed E-state index contributed by atoms with van der Waals surface area (Å²) in [7, 11) is -1.89. The molecule has 6 nitrogen and oxygen atoms in total. The first kappa shape index (κ1) is 15.8. The van der Waals surface area contributed by atoms with Crippen molar-refractivity contribution in [3.8, 4) is 5.75 Å². The van der Waals surface area contributed by atoms with Crippen molar-refractivity contribution >= 4 is 15.8 Å². The number of hydrogen-bond donors (Lipinski definition) is 2. The van der Waals surface area contributed by atoms with Gasteiger partial charge in [-0.25, -0.2) is 8.42 Å². The Morgan fingerprint density at radius 1 is 1.38 bits per heavy atom. The maximum Gasteiger partial charge on any atom is 0.307 e. The molecule has 0 saturated carbocycles. The van der Waals surface area contributed by atoms with E-state index in [1.165, 1.54) is 7.11 Å². The summed E-state index contributed by atoms with van der Waals surface area (Å²) < 4.78 is 28.3. The van der Waals surface area contributed by atoms with Crippen LogP contribution in [0.15, 0.2) is 24.3 Å². The highest BCUT2D eigenvalue weighted by Gasteiger charge is 2.43. The Morgan fingerprint density at radius 2 is 2.05 bits per heavy atom. The Bertz CT molecular complexity index is 624. The molecule has 1 heterocycles. The minimum absolute atomic E-state index is 0.122. The molecule has 2 N–H and O–H groups in total. The molecular formula is C14H18O6S. The Kier molecular flexibility index (Phi) is 4.53. The number of carbonyl (C=O) groups is 1. The van der Waals surface area contributed by atoms with Crippen molar-refractivity contribution in [3.63, 3.8) is 0 Å². The van der Waals surface area contributed by atoms with Crippen LogP contribution in [0.3, 0.4) is 0 Å². The molecule has 116 valence electrons. The van der Waals surface area contributed by atoms with Crippen LogP contribution < -0.4 is 4.74 Å². The molecule has 1 saturated heterocycles. The molecule has 3 unspecified atom stereocenters. The van der Waals surface area contributed by atoms with E-state index in [-0.39, 0.29) is 17.9 Å². The third-order valence-electron chi connectivity index (χ3n) is 3.83. The van der Waals surface area contributed by atoms with Crippen molar-refractivity contribution in [2.24, 2.45) is 11.8 Å². The molecule has 2 rings (SSSR count). The topological polar surface area (TPSA) is 101 Å². The fourth-order valence-electron chi connectivity index (χ4n) is 2.77. The number of aliphatic carboxylic acids is 1. The van der Waals surface area contributed by atoms with Crippen molar-refractivity contribution in [1.82, 2.24) is 0 Å². The number of carboxylic acids is 1. The summed E-state index contributed by atoms with van der Waals surface area (Å²) in [5.74, 6) is -2.97. The number of ether oxygens (including phenoxy) is 1. The summed E-state index contributed by atoms with van der Waals surface area (Å²) in [6.45, 7) is 0. The van der Waals surface area contributed by atoms with Crippen LogP contribution in [0.1, 0.15) is 5.56 Å². The normalized spacial score (nSPS) is 25.4. The molecule has 0 aromatic heterocycles. The van der Waals surface area contributed by atoms with Crippen LogP contribution in [-0.4, -0.2) is 49.3 Å². The number of aliphatic hydroxyl groups is 1. The van der Waals surface area contributed by atoms with Gasteiger partial charge in [0, 0.05) is 5.92 Å². The van der Waals surface area contributed by atoms with Gasteiger partial charge in [-0.15, -0.1) is 0 Å². The minimum Gasteiger partial charge on any atom is -0.496 e. The van der Waals surface area contributed by atoms with Crippen LogP contribution >= 0.6 is 0 Å². The van der Waals surface area contributed by atoms with E-state index in [1.54, 1.807) is 24.3 Å². The average molecular weight is 314 g/mol. The van der Waals surface area contributed by atoms with E-state index in [4.69, 9.17) is 4.74 Å². The van der Waals surface area contributed by atoms with Crippen LogP contribution in [0.25, 0.3) is 0 Å². The molecule has 0 bridgehead atoms. The molecule has 1 fully saturated rings. The third-order valence-corrected chi connectivity index (χ3v) is 5.57. The highest BCUT2D eigenvalue weighted by atomic mass is 32.2. The summed E-state index contributed by atoms with van der Waals surface area (Å²) in [5, 5.41) is 19.3. The van der Waals surface area contributed by atoms with Crippen LogP contribution in [-0.2, 0) is 21.1 Å². The van der Waals surface area contributed by atoms with Gasteiger partial charge in [0.15, 0.2) is 9.84 Å². The van der Waals surface area contributed by atoms with Gasteiger partial charge in [-0.05, 0) is 18.1 Å². The summed E-state index contributed by atoms with van der Waals surface area (Å²) in [4.78, 5) is 11.5. The van der Waals surface area contributed by atoms with Crippen LogP contribution in [0.5, 0.6) is 5.75 Å². The monoisotopic (exact) mass is 314 g/mol. The van der Waals surface area contributed by atoms with Crippen LogP contribution in [0.2, 0.25) is 0 Å². The number of benzene rings is 1. The van der Waals surface area contributed by atoms with Gasteiger partial charge in [-0.2, -0.15) is 0 Å². The van der Waals surface area contributed by atoms with E-state index < -0.39 is 33.7 Å². The van der Waals surface area contributed by atoms with Gasteiger partial charge in [0.25, 0.3) is 0 Å². The summed E-state index contributed by atoms with van der Waals surface area (Å²) in [5.41, 5.74) is 0.684. The van der Waals surface area contributed by atoms with Gasteiger partial charge < -0.3 is 14.9 Å². The van der Waals surface area contributed by atoms with Crippen molar-refractivity contribution < 1.29 is 28.2 Å². The number of hydrogen-bond acceptors (Lipinski definition) is 5. The summed E-state index contributed by atoms with van der Waals surface area (Å²) >= 11 is 0. The number of aliphatic hydroxyl groups excluding tert-OH is 1. The highest BCUT2D eigenvalue weighted by molar-refractivity contribution is 7.91. The molecule has 1 aromatic carbocycles. The molecule has 0 aliphatic carbocycles. The Morgan fingerprint density at radius 3 is 2.57 bits per heavy atom. The molecule has 1 aromatic rings. The number of carboxylic acid groups (broad SMARTS) is 1. The van der Waals surface area contributed by atoms with Gasteiger partial charge in [-0.3, -0.25) is 4.79 Å². The molecule has 1 aliphatic heterocycles. The lowest BCUT2D eigenvalue weighted by molar-refractivity contribution is -0.144. The predicted octanol–water partition coefficient (Wildman–Crippen LogP) is 0.344. The molecule has 21 heavy (non-hydrogen) atoms. The Labute approximate surface area is 123 Å². The van der Waals surface area contributed by atoms with Gasteiger partial charge in [0.1, 0.15) is 5.75 Å². The molecule has 0 amide bonds. The summed E-state index contributed by atoms with van der Waals surface area (Å²) in [6.07, 6.45) is -1.01. The second-order valence-corrected chi connectivity index (χ2v) is 7.42. The van der Waals surface area contributed by atoms with Gasteiger partial charge in [-0.1, -0.05) is 18.2 Å². The lowest BCUT2D eigenvalue weighted by atomic mass is 9.85. The third kappa shape index (κ3) is 3.54. The zero-order valence-electron chi connectivity index (χ0n) is 11.6. The molecule has 1 aliphatic rings. The molecule has 0 spiro atoms. The largest absolute Gasteiger partial charge is 0.496 e. The van der Waals surface area contributed by atoms with Crippen molar-refractivity contribution in [1.29, 1.82) is 0 Å². The molecular weight excluding hydrogens is 296 g/mol. The quantitative estimate of drug-likeness (QED) is 0.813. The van der Waals surface area contributed by atoms with E-state index in [9.17, 15) is 23.4 Å². The first-order chi connectivity index (χ1) is 9.84. The number of sulfone groups is 1. The van der Waals surface area contributed by atoms with Crippen molar-refractivity contribution in [2.45, 2.75) is 12.5 Å². The first-order valence-corrected chi connectivity index (χ1v) is 8.39. The standard InChI is InChI=1S/C14H18O6S/c1-20-13-5-3-2-4-9(13)6-10(14(16)17)11-7-21(18,19)8-12(11)15/h2-5,10-12,15H,6-8H2,1H3,(H,16,17). The average Bonchev–Trinajstić information content (AvgIpc) is 2.69. The second-order valence-electron chi connectivity index (χ2n) is 5.27. The van der Waals surface area contributed by atoms with E-state index >= 15 is 0 Å². The van der Waals surface area contributed by atoms with Crippen molar-refractivity contribution in [2.75, 3.05) is 18.6 Å².